The van der Waals surface area contributed by atoms with Gasteiger partial charge in [0, 0.05) is 36.4 Å². The molecule has 1 aromatic carbocycles. The fourth-order valence-corrected chi connectivity index (χ4v) is 3.02. The lowest BCUT2D eigenvalue weighted by Gasteiger charge is -2.41. The molecule has 2 rings (SSSR count). The van der Waals surface area contributed by atoms with E-state index in [0.717, 1.165) is 17.7 Å². The molecule has 6 nitrogen and oxygen atoms in total. The fourth-order valence-electron chi connectivity index (χ4n) is 3.02. The highest BCUT2D eigenvalue weighted by molar-refractivity contribution is 5.70. The number of methoxy groups -OCH3 is 1. The zero-order valence-corrected chi connectivity index (χ0v) is 15.3. The summed E-state index contributed by atoms with van der Waals surface area (Å²) in [5.41, 5.74) is 2.30. The number of fused-ring (bicyclic) bond motifs is 1. The number of benzene rings is 1. The smallest absolute Gasteiger partial charge is 0.332 e. The number of rotatable bonds is 7. The molecule has 0 radical (unpaired) electrons. The van der Waals surface area contributed by atoms with Crippen molar-refractivity contribution in [1.82, 2.24) is 0 Å². The van der Waals surface area contributed by atoms with Crippen LogP contribution in [0.2, 0.25) is 0 Å². The van der Waals surface area contributed by atoms with E-state index >= 15 is 0 Å². The maximum Gasteiger partial charge on any atom is 0.332 e. The Labute approximate surface area is 149 Å². The van der Waals surface area contributed by atoms with Gasteiger partial charge in [-0.25, -0.2) is 4.79 Å². The van der Waals surface area contributed by atoms with E-state index < -0.39 is 0 Å². The number of carbonyl (C=O) groups is 1. The molecule has 0 amide bonds. The van der Waals surface area contributed by atoms with Gasteiger partial charge in [-0.1, -0.05) is 13.8 Å². The van der Waals surface area contributed by atoms with Crippen LogP contribution in [0.15, 0.2) is 18.2 Å². The summed E-state index contributed by atoms with van der Waals surface area (Å²) in [6, 6.07) is 7.83. The van der Waals surface area contributed by atoms with E-state index in [4.69, 9.17) is 19.5 Å². The minimum atomic E-state index is -0.369. The summed E-state index contributed by atoms with van der Waals surface area (Å²) in [6.45, 7) is 6.91. The summed E-state index contributed by atoms with van der Waals surface area (Å²) in [4.78, 5) is 11.6. The van der Waals surface area contributed by atoms with Gasteiger partial charge in [-0.3, -0.25) is 0 Å². The fraction of sp³-hybridized carbons (Fsp3) is 0.579. The maximum absolute atomic E-state index is 11.6. The molecule has 0 aliphatic carbocycles. The molecule has 0 aromatic heterocycles. The Balaban J connectivity index is 2.17. The molecule has 2 unspecified atom stereocenters. The van der Waals surface area contributed by atoms with Crippen LogP contribution < -0.4 is 5.32 Å². The normalized spacial score (nSPS) is 19.5. The summed E-state index contributed by atoms with van der Waals surface area (Å²) in [6.07, 6.45) is 0.651. The van der Waals surface area contributed by atoms with E-state index in [0.29, 0.717) is 12.2 Å². The zero-order valence-electron chi connectivity index (χ0n) is 15.3. The lowest BCUT2D eigenvalue weighted by molar-refractivity contribution is -0.151. The third-order valence-electron chi connectivity index (χ3n) is 4.49. The second kappa shape index (κ2) is 8.32. The quantitative estimate of drug-likeness (QED) is 0.764. The number of nitriles is 1. The van der Waals surface area contributed by atoms with Gasteiger partial charge in [0.25, 0.3) is 0 Å². The molecular formula is C19H26N2O4. The first kappa shape index (κ1) is 19.2. The molecule has 1 aliphatic heterocycles. The van der Waals surface area contributed by atoms with Crippen molar-refractivity contribution < 1.29 is 19.0 Å². The lowest BCUT2D eigenvalue weighted by atomic mass is 9.78. The van der Waals surface area contributed by atoms with E-state index in [9.17, 15) is 4.79 Å². The van der Waals surface area contributed by atoms with Gasteiger partial charge in [0.05, 0.1) is 24.3 Å². The number of ether oxygens (including phenoxy) is 3. The first-order chi connectivity index (χ1) is 11.9. The predicted molar refractivity (Wildman–Crippen MR) is 94.2 cm³/mol. The van der Waals surface area contributed by atoms with Crippen LogP contribution in [0.25, 0.3) is 0 Å². The van der Waals surface area contributed by atoms with Crippen molar-refractivity contribution >= 4 is 11.7 Å². The van der Waals surface area contributed by atoms with Crippen molar-refractivity contribution in [3.63, 3.8) is 0 Å². The molecule has 25 heavy (non-hydrogen) atoms. The van der Waals surface area contributed by atoms with Crippen LogP contribution in [0.4, 0.5) is 5.69 Å². The summed E-state index contributed by atoms with van der Waals surface area (Å²) in [5, 5.41) is 12.7. The highest BCUT2D eigenvalue weighted by Gasteiger charge is 2.37. The summed E-state index contributed by atoms with van der Waals surface area (Å²) in [5.74, 6) is -0.369. The van der Waals surface area contributed by atoms with Crippen LogP contribution in [0.3, 0.4) is 0 Å². The second-order valence-corrected chi connectivity index (χ2v) is 6.87. The molecule has 136 valence electrons. The highest BCUT2D eigenvalue weighted by atomic mass is 16.6. The Hall–Kier alpha value is -2.10. The van der Waals surface area contributed by atoms with Crippen molar-refractivity contribution in [2.45, 2.75) is 39.3 Å². The molecule has 0 fully saturated rings. The van der Waals surface area contributed by atoms with Crippen molar-refractivity contribution in [3.05, 3.63) is 29.3 Å². The minimum Gasteiger partial charge on any atom is -0.463 e. The summed E-state index contributed by atoms with van der Waals surface area (Å²) < 4.78 is 16.0. The maximum atomic E-state index is 11.6. The van der Waals surface area contributed by atoms with Gasteiger partial charge in [0.15, 0.2) is 0 Å². The number of hydrogen-bond acceptors (Lipinski definition) is 6. The predicted octanol–water partition coefficient (Wildman–Crippen LogP) is 3.04. The van der Waals surface area contributed by atoms with Crippen molar-refractivity contribution in [1.29, 1.82) is 5.26 Å². The number of esters is 1. The largest absolute Gasteiger partial charge is 0.463 e. The Morgan fingerprint density at radius 1 is 1.44 bits per heavy atom. The Kier molecular flexibility index (Phi) is 6.40. The molecule has 6 heteroatoms. The average molecular weight is 346 g/mol. The van der Waals surface area contributed by atoms with Crippen molar-refractivity contribution in [3.8, 4) is 6.07 Å². The molecule has 0 saturated carbocycles. The summed E-state index contributed by atoms with van der Waals surface area (Å²) in [7, 11) is 1.47. The molecule has 1 heterocycles. The van der Waals surface area contributed by atoms with Gasteiger partial charge < -0.3 is 19.5 Å². The van der Waals surface area contributed by atoms with Crippen molar-refractivity contribution in [2.24, 2.45) is 5.41 Å². The Morgan fingerprint density at radius 3 is 2.84 bits per heavy atom. The topological polar surface area (TPSA) is 80.6 Å². The molecule has 1 N–H and O–H groups in total. The number of nitrogens with zero attached hydrogens (tertiary/aromatic N) is 1. The minimum absolute atomic E-state index is 0.0461. The monoisotopic (exact) mass is 346 g/mol. The van der Waals surface area contributed by atoms with Gasteiger partial charge >= 0.3 is 5.97 Å². The number of anilines is 1. The van der Waals surface area contributed by atoms with E-state index in [1.807, 2.05) is 19.1 Å². The number of nitrogens with one attached hydrogen (secondary N) is 1. The Morgan fingerprint density at radius 2 is 2.20 bits per heavy atom. The van der Waals surface area contributed by atoms with Gasteiger partial charge in [-0.2, -0.15) is 5.26 Å². The molecule has 2 atom stereocenters. The standard InChI is InChI=1S/C19H26N2O4/c1-5-24-16-9-17(19(2,3)12-25-18(22)11-23-4)21-15-7-6-13(10-20)8-14(15)16/h6-8,16-17,21H,5,9,11-12H2,1-4H3. The van der Waals surface area contributed by atoms with E-state index in [-0.39, 0.29) is 36.7 Å². The molecule has 1 aromatic rings. The third kappa shape index (κ3) is 4.71. The van der Waals surface area contributed by atoms with Crippen LogP contribution in [-0.2, 0) is 19.0 Å². The Bertz CT molecular complexity index is 651. The molecule has 0 spiro atoms. The molecule has 0 saturated heterocycles. The van der Waals surface area contributed by atoms with Gasteiger partial charge in [0.1, 0.15) is 6.61 Å². The molecule has 0 bridgehead atoms. The van der Waals surface area contributed by atoms with Gasteiger partial charge in [0.2, 0.25) is 0 Å². The summed E-state index contributed by atoms with van der Waals surface area (Å²) >= 11 is 0. The highest BCUT2D eigenvalue weighted by Crippen LogP contribution is 2.41. The second-order valence-electron chi connectivity index (χ2n) is 6.87. The first-order valence-electron chi connectivity index (χ1n) is 8.48. The SMILES string of the molecule is CCOC1CC(C(C)(C)COC(=O)COC)Nc2ccc(C#N)cc21. The lowest BCUT2D eigenvalue weighted by Crippen LogP contribution is -2.44. The number of hydrogen-bond donors (Lipinski definition) is 1. The third-order valence-corrected chi connectivity index (χ3v) is 4.49. The zero-order chi connectivity index (χ0) is 18.4. The van der Waals surface area contributed by atoms with E-state index in [1.54, 1.807) is 6.07 Å². The van der Waals surface area contributed by atoms with E-state index in [1.165, 1.54) is 7.11 Å². The van der Waals surface area contributed by atoms with Crippen LogP contribution >= 0.6 is 0 Å². The van der Waals surface area contributed by atoms with Crippen LogP contribution in [0, 0.1) is 16.7 Å². The van der Waals surface area contributed by atoms with Crippen LogP contribution in [0.1, 0.15) is 44.4 Å². The van der Waals surface area contributed by atoms with Crippen LogP contribution in [-0.4, -0.2) is 38.9 Å². The average Bonchev–Trinajstić information content (AvgIpc) is 2.60. The molecular weight excluding hydrogens is 320 g/mol. The van der Waals surface area contributed by atoms with E-state index in [2.05, 4.69) is 25.2 Å². The van der Waals surface area contributed by atoms with Gasteiger partial charge in [-0.05, 0) is 31.5 Å². The first-order valence-corrected chi connectivity index (χ1v) is 8.48. The van der Waals surface area contributed by atoms with Gasteiger partial charge in [-0.15, -0.1) is 0 Å². The molecule has 1 aliphatic rings. The number of carbonyl (C=O) groups excluding carboxylic acids is 1. The van der Waals surface area contributed by atoms with Crippen LogP contribution in [0.5, 0.6) is 0 Å². The van der Waals surface area contributed by atoms with Crippen molar-refractivity contribution in [2.75, 3.05) is 32.2 Å².